The molecule has 0 amide bonds. The van der Waals surface area contributed by atoms with Crippen LogP contribution in [0.25, 0.3) is 0 Å². The maximum Gasteiger partial charge on any atom is 0.0440 e. The molecule has 152 valence electrons. The molecule has 0 radical (unpaired) electrons. The van der Waals surface area contributed by atoms with Crippen molar-refractivity contribution in [3.8, 4) is 11.8 Å². The maximum atomic E-state index is 8.65. The van der Waals surface area contributed by atoms with Crippen molar-refractivity contribution in [3.05, 3.63) is 12.2 Å². The Kier molecular flexibility index (Phi) is 23.6. The van der Waals surface area contributed by atoms with E-state index in [1.807, 2.05) is 0 Å². The Hall–Kier alpha value is -0.740. The highest BCUT2D eigenvalue weighted by atomic mass is 16.2. The van der Waals surface area contributed by atoms with Gasteiger partial charge in [0.1, 0.15) is 0 Å². The van der Waals surface area contributed by atoms with E-state index >= 15 is 0 Å². The average Bonchev–Trinajstić information content (AvgIpc) is 2.66. The van der Waals surface area contributed by atoms with Gasteiger partial charge in [-0.15, -0.1) is 11.8 Å². The zero-order valence-electron chi connectivity index (χ0n) is 17.7. The van der Waals surface area contributed by atoms with Crippen LogP contribution in [-0.4, -0.2) is 11.7 Å². The quantitative estimate of drug-likeness (QED) is 0.140. The van der Waals surface area contributed by atoms with Crippen LogP contribution >= 0.6 is 0 Å². The zero-order valence-corrected chi connectivity index (χ0v) is 17.7. The van der Waals surface area contributed by atoms with Crippen molar-refractivity contribution in [3.63, 3.8) is 0 Å². The lowest BCUT2D eigenvalue weighted by molar-refractivity contribution is 0.290. The summed E-state index contributed by atoms with van der Waals surface area (Å²) < 4.78 is 0. The molecule has 1 N–H and O–H groups in total. The highest BCUT2D eigenvalue weighted by Gasteiger charge is 1.93. The first-order valence-corrected chi connectivity index (χ1v) is 11.6. The van der Waals surface area contributed by atoms with Crippen molar-refractivity contribution in [2.45, 2.75) is 129 Å². The molecule has 0 unspecified atom stereocenters. The third-order valence-electron chi connectivity index (χ3n) is 4.91. The van der Waals surface area contributed by atoms with Crippen LogP contribution in [0, 0.1) is 11.8 Å². The second-order valence-corrected chi connectivity index (χ2v) is 7.58. The van der Waals surface area contributed by atoms with Crippen molar-refractivity contribution in [1.29, 1.82) is 0 Å². The van der Waals surface area contributed by atoms with Crippen LogP contribution in [0.2, 0.25) is 0 Å². The summed E-state index contributed by atoms with van der Waals surface area (Å²) >= 11 is 0. The molecule has 0 aliphatic heterocycles. The fraction of sp³-hybridized carbons (Fsp3) is 0.840. The Morgan fingerprint density at radius 1 is 0.538 bits per heavy atom. The second-order valence-electron chi connectivity index (χ2n) is 7.58. The van der Waals surface area contributed by atoms with E-state index in [0.717, 1.165) is 25.7 Å². The molecule has 1 nitrogen and oxygen atoms in total. The van der Waals surface area contributed by atoms with Gasteiger partial charge in [-0.1, -0.05) is 103 Å². The molecule has 0 aromatic carbocycles. The molecule has 0 saturated carbocycles. The van der Waals surface area contributed by atoms with E-state index in [-0.39, 0.29) is 6.61 Å². The predicted octanol–water partition coefficient (Wildman–Crippen LogP) is 7.97. The lowest BCUT2D eigenvalue weighted by Crippen LogP contribution is -1.83. The van der Waals surface area contributed by atoms with E-state index in [2.05, 4.69) is 30.9 Å². The highest BCUT2D eigenvalue weighted by Crippen LogP contribution is 2.13. The van der Waals surface area contributed by atoms with E-state index in [1.165, 1.54) is 96.3 Å². The summed E-state index contributed by atoms with van der Waals surface area (Å²) in [7, 11) is 0. The van der Waals surface area contributed by atoms with Gasteiger partial charge in [0, 0.05) is 19.4 Å². The Morgan fingerprint density at radius 2 is 1.00 bits per heavy atom. The Labute approximate surface area is 165 Å². The summed E-state index contributed by atoms with van der Waals surface area (Å²) in [4.78, 5) is 0. The first-order chi connectivity index (χ1) is 12.9. The fourth-order valence-corrected chi connectivity index (χ4v) is 3.19. The average molecular weight is 363 g/mol. The number of allylic oxidation sites excluding steroid dienone is 2. The molecule has 0 aliphatic rings. The van der Waals surface area contributed by atoms with E-state index in [9.17, 15) is 0 Å². The molecule has 26 heavy (non-hydrogen) atoms. The van der Waals surface area contributed by atoms with Gasteiger partial charge < -0.3 is 5.11 Å². The number of unbranched alkanes of at least 4 members (excludes halogenated alkanes) is 16. The largest absolute Gasteiger partial charge is 0.396 e. The van der Waals surface area contributed by atoms with Gasteiger partial charge in [-0.2, -0.15) is 0 Å². The van der Waals surface area contributed by atoms with Crippen LogP contribution in [0.4, 0.5) is 0 Å². The summed E-state index contributed by atoms with van der Waals surface area (Å²) in [5, 5.41) is 8.65. The standard InChI is InChI=1S/C25H46O/c1-2-3-4-5-6-7-8-9-10-11-12-13-14-15-16-17-18-19-20-21-22-23-24-25-26/h17-18,26H,2-16,19-20,23-25H2,1H3/b18-17-. The van der Waals surface area contributed by atoms with Gasteiger partial charge in [0.05, 0.1) is 0 Å². The highest BCUT2D eigenvalue weighted by molar-refractivity contribution is 5.00. The third-order valence-corrected chi connectivity index (χ3v) is 4.91. The van der Waals surface area contributed by atoms with Crippen molar-refractivity contribution in [2.24, 2.45) is 0 Å². The summed E-state index contributed by atoms with van der Waals surface area (Å²) in [6, 6.07) is 0. The maximum absolute atomic E-state index is 8.65. The molecule has 0 spiro atoms. The minimum Gasteiger partial charge on any atom is -0.396 e. The first-order valence-electron chi connectivity index (χ1n) is 11.6. The molecule has 0 saturated heterocycles. The number of hydrogen-bond donors (Lipinski definition) is 1. The van der Waals surface area contributed by atoms with Gasteiger partial charge >= 0.3 is 0 Å². The van der Waals surface area contributed by atoms with Gasteiger partial charge in [-0.3, -0.25) is 0 Å². The van der Waals surface area contributed by atoms with E-state index < -0.39 is 0 Å². The number of rotatable bonds is 19. The SMILES string of the molecule is CCCCCCCCCCCCCCCC/C=C\CCC#CCCCO. The van der Waals surface area contributed by atoms with Crippen LogP contribution in [0.1, 0.15) is 129 Å². The van der Waals surface area contributed by atoms with E-state index in [4.69, 9.17) is 5.11 Å². The van der Waals surface area contributed by atoms with Gasteiger partial charge in [0.2, 0.25) is 0 Å². The van der Waals surface area contributed by atoms with Crippen LogP contribution in [0.15, 0.2) is 12.2 Å². The molecule has 0 rings (SSSR count). The van der Waals surface area contributed by atoms with Crippen molar-refractivity contribution in [2.75, 3.05) is 6.61 Å². The van der Waals surface area contributed by atoms with E-state index in [0.29, 0.717) is 0 Å². The first kappa shape index (κ1) is 25.3. The molecule has 1 heteroatoms. The zero-order chi connectivity index (χ0) is 19.0. The molecule has 0 fully saturated rings. The van der Waals surface area contributed by atoms with Gasteiger partial charge in [0.15, 0.2) is 0 Å². The minimum absolute atomic E-state index is 0.258. The van der Waals surface area contributed by atoms with E-state index in [1.54, 1.807) is 0 Å². The van der Waals surface area contributed by atoms with Crippen LogP contribution in [0.3, 0.4) is 0 Å². The normalized spacial score (nSPS) is 11.0. The van der Waals surface area contributed by atoms with Gasteiger partial charge in [-0.25, -0.2) is 0 Å². The van der Waals surface area contributed by atoms with Gasteiger partial charge in [-0.05, 0) is 25.7 Å². The van der Waals surface area contributed by atoms with Gasteiger partial charge in [0.25, 0.3) is 0 Å². The Balaban J connectivity index is 3.10. The molecule has 0 aromatic heterocycles. The summed E-state index contributed by atoms with van der Waals surface area (Å²) in [5.74, 6) is 6.26. The molecular weight excluding hydrogens is 316 g/mol. The smallest absolute Gasteiger partial charge is 0.0440 e. The summed E-state index contributed by atoms with van der Waals surface area (Å²) in [6.45, 7) is 2.55. The Bertz CT molecular complexity index is 334. The minimum atomic E-state index is 0.258. The van der Waals surface area contributed by atoms with Crippen molar-refractivity contribution < 1.29 is 5.11 Å². The Morgan fingerprint density at radius 3 is 1.54 bits per heavy atom. The predicted molar refractivity (Wildman–Crippen MR) is 117 cm³/mol. The van der Waals surface area contributed by atoms with Crippen molar-refractivity contribution in [1.82, 2.24) is 0 Å². The van der Waals surface area contributed by atoms with Crippen LogP contribution < -0.4 is 0 Å². The van der Waals surface area contributed by atoms with Crippen LogP contribution in [0.5, 0.6) is 0 Å². The number of aliphatic hydroxyl groups excluding tert-OH is 1. The number of aliphatic hydroxyl groups is 1. The molecule has 0 heterocycles. The van der Waals surface area contributed by atoms with Crippen LogP contribution in [-0.2, 0) is 0 Å². The van der Waals surface area contributed by atoms with Crippen molar-refractivity contribution >= 4 is 0 Å². The molecular formula is C25H46O. The topological polar surface area (TPSA) is 20.2 Å². The monoisotopic (exact) mass is 362 g/mol. The lowest BCUT2D eigenvalue weighted by Gasteiger charge is -2.02. The molecule has 0 aliphatic carbocycles. The second kappa shape index (κ2) is 24.3. The lowest BCUT2D eigenvalue weighted by atomic mass is 10.0. The summed E-state index contributed by atoms with van der Waals surface area (Å²) in [6.07, 6.45) is 29.5. The number of hydrogen-bond acceptors (Lipinski definition) is 1. The fourth-order valence-electron chi connectivity index (χ4n) is 3.19. The summed E-state index contributed by atoms with van der Waals surface area (Å²) in [5.41, 5.74) is 0. The molecule has 0 bridgehead atoms. The molecule has 0 aromatic rings. The molecule has 0 atom stereocenters. The third kappa shape index (κ3) is 23.3.